The molecule has 31 heavy (non-hydrogen) atoms. The van der Waals surface area contributed by atoms with Crippen LogP contribution in [0.2, 0.25) is 0 Å². The molecule has 2 amide bonds. The monoisotopic (exact) mass is 434 g/mol. The largest absolute Gasteiger partial charge is 0.269 e. The number of benzene rings is 3. The van der Waals surface area contributed by atoms with E-state index in [0.29, 0.717) is 5.56 Å². The van der Waals surface area contributed by atoms with Crippen molar-refractivity contribution in [2.24, 2.45) is 0 Å². The maximum Gasteiger partial charge on any atom is 0.269 e. The van der Waals surface area contributed by atoms with Gasteiger partial charge in [0, 0.05) is 22.6 Å². The first-order valence-corrected chi connectivity index (χ1v) is 10.1. The number of hydrogen-bond donors (Lipinski definition) is 0. The van der Waals surface area contributed by atoms with Crippen LogP contribution in [-0.2, 0) is 16.1 Å². The van der Waals surface area contributed by atoms with E-state index in [-0.39, 0.29) is 28.3 Å². The number of non-ortho nitro benzene ring substituents is 1. The van der Waals surface area contributed by atoms with E-state index in [2.05, 4.69) is 0 Å². The quantitative estimate of drug-likeness (QED) is 0.316. The molecule has 3 aromatic rings. The van der Waals surface area contributed by atoms with Crippen LogP contribution in [0.5, 0.6) is 0 Å². The Hall–Kier alpha value is -3.78. The molecule has 0 aliphatic carbocycles. The van der Waals surface area contributed by atoms with Crippen LogP contribution in [0, 0.1) is 15.9 Å². The average Bonchev–Trinajstić information content (AvgIpc) is 3.00. The third kappa shape index (κ3) is 4.10. The van der Waals surface area contributed by atoms with Crippen LogP contribution in [0.3, 0.4) is 0 Å². The van der Waals surface area contributed by atoms with Crippen molar-refractivity contribution in [3.8, 4) is 0 Å². The number of imide groups is 1. The number of amides is 2. The molecule has 0 unspecified atom stereocenters. The van der Waals surface area contributed by atoms with Crippen LogP contribution < -0.4 is 0 Å². The highest BCUT2D eigenvalue weighted by atomic mass is 32.2. The van der Waals surface area contributed by atoms with E-state index in [9.17, 15) is 24.1 Å². The van der Waals surface area contributed by atoms with Crippen LogP contribution in [0.4, 0.5) is 10.1 Å². The summed E-state index contributed by atoms with van der Waals surface area (Å²) in [7, 11) is 0. The maximum absolute atomic E-state index is 14.1. The first-order valence-electron chi connectivity index (χ1n) is 9.27. The lowest BCUT2D eigenvalue weighted by atomic mass is 10.1. The Balaban J connectivity index is 1.75. The summed E-state index contributed by atoms with van der Waals surface area (Å²) in [6.07, 6.45) is 0. The molecule has 1 heterocycles. The fourth-order valence-electron chi connectivity index (χ4n) is 3.20. The zero-order valence-corrected chi connectivity index (χ0v) is 16.8. The first-order chi connectivity index (χ1) is 15.0. The molecule has 0 bridgehead atoms. The van der Waals surface area contributed by atoms with Gasteiger partial charge in [-0.2, -0.15) is 0 Å². The van der Waals surface area contributed by atoms with E-state index in [4.69, 9.17) is 0 Å². The normalized spacial score (nSPS) is 13.8. The predicted octanol–water partition coefficient (Wildman–Crippen LogP) is 4.81. The molecule has 154 valence electrons. The van der Waals surface area contributed by atoms with Gasteiger partial charge in [-0.25, -0.2) is 4.39 Å². The Morgan fingerprint density at radius 3 is 2.16 bits per heavy atom. The number of rotatable bonds is 6. The third-order valence-electron chi connectivity index (χ3n) is 4.74. The van der Waals surface area contributed by atoms with Crippen molar-refractivity contribution in [1.29, 1.82) is 0 Å². The van der Waals surface area contributed by atoms with Crippen molar-refractivity contribution in [2.45, 2.75) is 11.4 Å². The number of carbonyl (C=O) groups is 2. The van der Waals surface area contributed by atoms with E-state index in [1.54, 1.807) is 6.07 Å². The molecule has 8 heteroatoms. The number of halogens is 1. The van der Waals surface area contributed by atoms with Crippen molar-refractivity contribution >= 4 is 34.8 Å². The van der Waals surface area contributed by atoms with Gasteiger partial charge in [-0.1, -0.05) is 48.2 Å². The Labute approximate surface area is 181 Å². The third-order valence-corrected chi connectivity index (χ3v) is 5.83. The second-order valence-electron chi connectivity index (χ2n) is 6.71. The van der Waals surface area contributed by atoms with E-state index >= 15 is 0 Å². The Morgan fingerprint density at radius 1 is 0.871 bits per heavy atom. The van der Waals surface area contributed by atoms with Crippen molar-refractivity contribution < 1.29 is 18.9 Å². The molecule has 6 nitrogen and oxygen atoms in total. The molecule has 0 fully saturated rings. The minimum Gasteiger partial charge on any atom is -0.269 e. The Morgan fingerprint density at radius 2 is 1.52 bits per heavy atom. The molecule has 3 aromatic carbocycles. The molecular formula is C23H15FN2O4S. The van der Waals surface area contributed by atoms with Gasteiger partial charge in [0.2, 0.25) is 0 Å². The molecule has 0 spiro atoms. The van der Waals surface area contributed by atoms with Crippen LogP contribution in [-0.4, -0.2) is 21.6 Å². The number of hydrogen-bond acceptors (Lipinski definition) is 5. The fraction of sp³-hybridized carbons (Fsp3) is 0.0435. The standard InChI is InChI=1S/C23H15FN2O4S/c24-19-9-5-4-6-16(19)14-25-22(27)20(15-10-12-17(13-11-15)26(29)30)21(23(25)28)31-18-7-2-1-3-8-18/h1-13H,14H2. The lowest BCUT2D eigenvalue weighted by Crippen LogP contribution is -2.31. The minimum atomic E-state index is -0.569. The number of thioether (sulfide) groups is 1. The number of nitrogens with zero attached hydrogens (tertiary/aromatic N) is 2. The number of carbonyl (C=O) groups excluding carboxylic acids is 2. The first kappa shape index (κ1) is 20.5. The summed E-state index contributed by atoms with van der Waals surface area (Å²) in [4.78, 5) is 38.8. The summed E-state index contributed by atoms with van der Waals surface area (Å²) >= 11 is 1.13. The lowest BCUT2D eigenvalue weighted by Gasteiger charge is -2.15. The van der Waals surface area contributed by atoms with Crippen LogP contribution in [0.1, 0.15) is 11.1 Å². The zero-order valence-electron chi connectivity index (χ0n) is 16.0. The molecule has 0 saturated carbocycles. The van der Waals surface area contributed by atoms with Crippen LogP contribution in [0.15, 0.2) is 88.7 Å². The Kier molecular flexibility index (Phi) is 5.64. The van der Waals surface area contributed by atoms with E-state index in [1.807, 2.05) is 30.3 Å². The topological polar surface area (TPSA) is 80.5 Å². The molecule has 0 saturated heterocycles. The highest BCUT2D eigenvalue weighted by Gasteiger charge is 2.39. The van der Waals surface area contributed by atoms with Gasteiger partial charge in [0.15, 0.2) is 0 Å². The van der Waals surface area contributed by atoms with Crippen molar-refractivity contribution in [3.05, 3.63) is 111 Å². The van der Waals surface area contributed by atoms with E-state index in [1.165, 1.54) is 42.5 Å². The Bertz CT molecular complexity index is 1210. The lowest BCUT2D eigenvalue weighted by molar-refractivity contribution is -0.384. The number of nitro benzene ring substituents is 1. The molecule has 0 radical (unpaired) electrons. The fourth-order valence-corrected chi connectivity index (χ4v) is 4.23. The van der Waals surface area contributed by atoms with E-state index in [0.717, 1.165) is 21.6 Å². The summed E-state index contributed by atoms with van der Waals surface area (Å²) in [5, 5.41) is 11.0. The van der Waals surface area contributed by atoms with Gasteiger partial charge in [-0.05, 0) is 35.9 Å². The second-order valence-corrected chi connectivity index (χ2v) is 7.79. The summed E-state index contributed by atoms with van der Waals surface area (Å²) in [6, 6.07) is 20.5. The van der Waals surface area contributed by atoms with Gasteiger partial charge in [0.1, 0.15) is 5.82 Å². The van der Waals surface area contributed by atoms with Crippen molar-refractivity contribution in [1.82, 2.24) is 4.90 Å². The molecule has 1 aliphatic heterocycles. The van der Waals surface area contributed by atoms with Crippen LogP contribution in [0.25, 0.3) is 5.57 Å². The van der Waals surface area contributed by atoms with Gasteiger partial charge in [0.05, 0.1) is 21.9 Å². The summed E-state index contributed by atoms with van der Waals surface area (Å²) < 4.78 is 14.1. The smallest absolute Gasteiger partial charge is 0.269 e. The average molecular weight is 434 g/mol. The molecule has 0 N–H and O–H groups in total. The highest BCUT2D eigenvalue weighted by molar-refractivity contribution is 8.04. The van der Waals surface area contributed by atoms with Gasteiger partial charge in [-0.15, -0.1) is 0 Å². The van der Waals surface area contributed by atoms with Gasteiger partial charge in [0.25, 0.3) is 17.5 Å². The molecule has 4 rings (SSSR count). The van der Waals surface area contributed by atoms with Gasteiger partial charge < -0.3 is 0 Å². The molecular weight excluding hydrogens is 419 g/mol. The van der Waals surface area contributed by atoms with Gasteiger partial charge >= 0.3 is 0 Å². The van der Waals surface area contributed by atoms with Crippen molar-refractivity contribution in [2.75, 3.05) is 0 Å². The maximum atomic E-state index is 14.1. The zero-order chi connectivity index (χ0) is 22.0. The highest BCUT2D eigenvalue weighted by Crippen LogP contribution is 2.40. The van der Waals surface area contributed by atoms with E-state index < -0.39 is 22.6 Å². The SMILES string of the molecule is O=C1C(Sc2ccccc2)=C(c2ccc([N+](=O)[O-])cc2)C(=O)N1Cc1ccccc1F. The number of nitro groups is 1. The van der Waals surface area contributed by atoms with Crippen molar-refractivity contribution in [3.63, 3.8) is 0 Å². The minimum absolute atomic E-state index is 0.124. The summed E-state index contributed by atoms with van der Waals surface area (Å²) in [5.41, 5.74) is 0.628. The van der Waals surface area contributed by atoms with Gasteiger partial charge in [-0.3, -0.25) is 24.6 Å². The molecule has 1 aliphatic rings. The molecule has 0 aromatic heterocycles. The second kappa shape index (κ2) is 8.53. The summed E-state index contributed by atoms with van der Waals surface area (Å²) in [5.74, 6) is -1.61. The predicted molar refractivity (Wildman–Crippen MR) is 114 cm³/mol. The molecule has 0 atom stereocenters. The summed E-state index contributed by atoms with van der Waals surface area (Å²) in [6.45, 7) is -0.209. The van der Waals surface area contributed by atoms with Crippen LogP contribution >= 0.6 is 11.8 Å².